The van der Waals surface area contributed by atoms with Crippen LogP contribution in [0.2, 0.25) is 5.02 Å². The van der Waals surface area contributed by atoms with Crippen LogP contribution >= 0.6 is 23.8 Å². The standard InChI is InChI=1S/C9H10ClFN2S/c1-13(2)9(14)12-6-3-4-8(11)7(10)5-6/h3-5H,1-2H3,(H,12,14). The van der Waals surface area contributed by atoms with E-state index in [9.17, 15) is 4.39 Å². The monoisotopic (exact) mass is 232 g/mol. The molecular formula is C9H10ClFN2S. The van der Waals surface area contributed by atoms with Crippen molar-refractivity contribution in [3.8, 4) is 0 Å². The lowest BCUT2D eigenvalue weighted by Crippen LogP contribution is -2.26. The third-order valence-corrected chi connectivity index (χ3v) is 2.33. The van der Waals surface area contributed by atoms with E-state index in [0.29, 0.717) is 10.8 Å². The van der Waals surface area contributed by atoms with Crippen LogP contribution in [0.25, 0.3) is 0 Å². The van der Waals surface area contributed by atoms with Gasteiger partial charge in [-0.05, 0) is 30.4 Å². The van der Waals surface area contributed by atoms with Crippen LogP contribution in [0.15, 0.2) is 18.2 Å². The topological polar surface area (TPSA) is 15.3 Å². The van der Waals surface area contributed by atoms with E-state index >= 15 is 0 Å². The molecule has 0 unspecified atom stereocenters. The Morgan fingerprint density at radius 3 is 2.64 bits per heavy atom. The van der Waals surface area contributed by atoms with Gasteiger partial charge >= 0.3 is 0 Å². The van der Waals surface area contributed by atoms with Gasteiger partial charge in [0.1, 0.15) is 5.82 Å². The minimum Gasteiger partial charge on any atom is -0.355 e. The van der Waals surface area contributed by atoms with Gasteiger partial charge in [-0.2, -0.15) is 0 Å². The number of hydrogen-bond acceptors (Lipinski definition) is 1. The Kier molecular flexibility index (Phi) is 3.66. The fourth-order valence-corrected chi connectivity index (χ4v) is 1.11. The van der Waals surface area contributed by atoms with E-state index in [4.69, 9.17) is 23.8 Å². The van der Waals surface area contributed by atoms with Gasteiger partial charge in [-0.25, -0.2) is 4.39 Å². The molecule has 0 aromatic heterocycles. The number of nitrogens with one attached hydrogen (secondary N) is 1. The molecule has 2 nitrogen and oxygen atoms in total. The van der Waals surface area contributed by atoms with Gasteiger partial charge in [0.05, 0.1) is 5.02 Å². The molecule has 1 aromatic rings. The Bertz CT molecular complexity index is 355. The van der Waals surface area contributed by atoms with Gasteiger partial charge in [0, 0.05) is 19.8 Å². The van der Waals surface area contributed by atoms with Crippen LogP contribution in [0.4, 0.5) is 10.1 Å². The van der Waals surface area contributed by atoms with Gasteiger partial charge in [-0.15, -0.1) is 0 Å². The molecule has 0 aliphatic carbocycles. The summed E-state index contributed by atoms with van der Waals surface area (Å²) in [5, 5.41) is 3.54. The first-order chi connectivity index (χ1) is 6.50. The molecule has 0 radical (unpaired) electrons. The quantitative estimate of drug-likeness (QED) is 0.750. The van der Waals surface area contributed by atoms with Crippen LogP contribution in [0.5, 0.6) is 0 Å². The predicted octanol–water partition coefficient (Wildman–Crippen LogP) is 2.74. The third kappa shape index (κ3) is 2.82. The summed E-state index contributed by atoms with van der Waals surface area (Å²) in [5.41, 5.74) is 0.676. The van der Waals surface area contributed by atoms with Gasteiger partial charge in [0.25, 0.3) is 0 Å². The summed E-state index contributed by atoms with van der Waals surface area (Å²) in [6, 6.07) is 4.37. The Balaban J connectivity index is 2.78. The lowest BCUT2D eigenvalue weighted by Gasteiger charge is -2.15. The maximum absolute atomic E-state index is 12.8. The second-order valence-corrected chi connectivity index (χ2v) is 3.75. The van der Waals surface area contributed by atoms with Crippen molar-refractivity contribution in [3.63, 3.8) is 0 Å². The number of benzene rings is 1. The second-order valence-electron chi connectivity index (χ2n) is 2.95. The zero-order valence-electron chi connectivity index (χ0n) is 7.84. The minimum atomic E-state index is -0.437. The van der Waals surface area contributed by atoms with Crippen LogP contribution in [0.3, 0.4) is 0 Å². The fraction of sp³-hybridized carbons (Fsp3) is 0.222. The largest absolute Gasteiger partial charge is 0.355 e. The maximum atomic E-state index is 12.8. The van der Waals surface area contributed by atoms with Gasteiger partial charge in [0.15, 0.2) is 5.11 Å². The van der Waals surface area contributed by atoms with Crippen molar-refractivity contribution < 1.29 is 4.39 Å². The molecule has 0 spiro atoms. The van der Waals surface area contributed by atoms with E-state index in [-0.39, 0.29) is 5.02 Å². The second kappa shape index (κ2) is 4.57. The average Bonchev–Trinajstić information content (AvgIpc) is 2.11. The van der Waals surface area contributed by atoms with Gasteiger partial charge in [0.2, 0.25) is 0 Å². The predicted molar refractivity (Wildman–Crippen MR) is 61.3 cm³/mol. The van der Waals surface area contributed by atoms with Crippen molar-refractivity contribution in [3.05, 3.63) is 29.0 Å². The molecular weight excluding hydrogens is 223 g/mol. The molecule has 0 saturated carbocycles. The van der Waals surface area contributed by atoms with E-state index in [0.717, 1.165) is 0 Å². The zero-order chi connectivity index (χ0) is 10.7. The lowest BCUT2D eigenvalue weighted by molar-refractivity contribution is 0.627. The Hall–Kier alpha value is -0.870. The van der Waals surface area contributed by atoms with Crippen LogP contribution in [0.1, 0.15) is 0 Å². The summed E-state index contributed by atoms with van der Waals surface area (Å²) < 4.78 is 12.8. The van der Waals surface area contributed by atoms with E-state index in [1.165, 1.54) is 12.1 Å². The molecule has 0 aliphatic rings. The first-order valence-electron chi connectivity index (χ1n) is 3.94. The molecule has 0 fully saturated rings. The molecule has 0 aliphatic heterocycles. The summed E-state index contributed by atoms with van der Waals surface area (Å²) in [4.78, 5) is 1.74. The Labute approximate surface area is 92.7 Å². The molecule has 5 heteroatoms. The highest BCUT2D eigenvalue weighted by atomic mass is 35.5. The molecule has 1 aromatic carbocycles. The van der Waals surface area contributed by atoms with Crippen molar-refractivity contribution in [2.24, 2.45) is 0 Å². The SMILES string of the molecule is CN(C)C(=S)Nc1ccc(F)c(Cl)c1. The van der Waals surface area contributed by atoms with Gasteiger partial charge in [-0.1, -0.05) is 11.6 Å². The maximum Gasteiger partial charge on any atom is 0.172 e. The van der Waals surface area contributed by atoms with E-state index in [2.05, 4.69) is 5.32 Å². The summed E-state index contributed by atoms with van der Waals surface area (Å²) in [6.07, 6.45) is 0. The van der Waals surface area contributed by atoms with E-state index in [1.54, 1.807) is 11.0 Å². The van der Waals surface area contributed by atoms with Crippen molar-refractivity contribution in [1.29, 1.82) is 0 Å². The summed E-state index contributed by atoms with van der Waals surface area (Å²) in [5.74, 6) is -0.437. The average molecular weight is 233 g/mol. The number of thiocarbonyl (C=S) groups is 1. The van der Waals surface area contributed by atoms with Crippen LogP contribution in [0, 0.1) is 5.82 Å². The van der Waals surface area contributed by atoms with E-state index < -0.39 is 5.82 Å². The molecule has 0 atom stereocenters. The molecule has 0 amide bonds. The summed E-state index contributed by atoms with van der Waals surface area (Å²) in [7, 11) is 3.64. The number of hydrogen-bond donors (Lipinski definition) is 1. The van der Waals surface area contributed by atoms with Crippen molar-refractivity contribution >= 4 is 34.6 Å². The Morgan fingerprint density at radius 2 is 2.14 bits per heavy atom. The highest BCUT2D eigenvalue weighted by Crippen LogP contribution is 2.19. The van der Waals surface area contributed by atoms with Gasteiger partial charge in [-0.3, -0.25) is 0 Å². The number of rotatable bonds is 1. The first-order valence-corrected chi connectivity index (χ1v) is 4.72. The third-order valence-electron chi connectivity index (χ3n) is 1.58. The highest BCUT2D eigenvalue weighted by Gasteiger charge is 2.03. The lowest BCUT2D eigenvalue weighted by atomic mass is 10.3. The zero-order valence-corrected chi connectivity index (χ0v) is 9.42. The molecule has 76 valence electrons. The normalized spacial score (nSPS) is 9.71. The van der Waals surface area contributed by atoms with Gasteiger partial charge < -0.3 is 10.2 Å². The first kappa shape index (κ1) is 11.2. The summed E-state index contributed by atoms with van der Waals surface area (Å²) in [6.45, 7) is 0. The molecule has 0 saturated heterocycles. The minimum absolute atomic E-state index is 0.0801. The molecule has 1 rings (SSSR count). The Morgan fingerprint density at radius 1 is 1.50 bits per heavy atom. The molecule has 0 bridgehead atoms. The highest BCUT2D eigenvalue weighted by molar-refractivity contribution is 7.80. The molecule has 1 N–H and O–H groups in total. The van der Waals surface area contributed by atoms with Crippen molar-refractivity contribution in [2.45, 2.75) is 0 Å². The number of halogens is 2. The van der Waals surface area contributed by atoms with Crippen LogP contribution < -0.4 is 5.32 Å². The molecule has 14 heavy (non-hydrogen) atoms. The molecule has 0 heterocycles. The smallest absolute Gasteiger partial charge is 0.172 e. The van der Waals surface area contributed by atoms with Crippen molar-refractivity contribution in [1.82, 2.24) is 4.90 Å². The fourth-order valence-electron chi connectivity index (χ4n) is 0.809. The number of anilines is 1. The summed E-state index contributed by atoms with van der Waals surface area (Å²) >= 11 is 10.6. The van der Waals surface area contributed by atoms with Crippen LogP contribution in [-0.4, -0.2) is 24.1 Å². The van der Waals surface area contributed by atoms with E-state index in [1.807, 2.05) is 14.1 Å². The van der Waals surface area contributed by atoms with Crippen molar-refractivity contribution in [2.75, 3.05) is 19.4 Å². The van der Waals surface area contributed by atoms with Crippen LogP contribution in [-0.2, 0) is 0 Å². The number of nitrogens with zero attached hydrogens (tertiary/aromatic N) is 1.